The first-order chi connectivity index (χ1) is 11.4. The van der Waals surface area contributed by atoms with Crippen molar-refractivity contribution in [2.45, 2.75) is 31.9 Å². The van der Waals surface area contributed by atoms with Crippen molar-refractivity contribution >= 4 is 0 Å². The van der Waals surface area contributed by atoms with Gasteiger partial charge in [-0.15, -0.1) is 0 Å². The number of nitrogens with zero attached hydrogens (tertiary/aromatic N) is 2. The number of aliphatic hydroxyl groups is 1. The predicted octanol–water partition coefficient (Wildman–Crippen LogP) is 0.728. The minimum atomic E-state index is -0.401. The Balaban J connectivity index is 2.08. The van der Waals surface area contributed by atoms with Gasteiger partial charge >= 0.3 is 5.69 Å². The van der Waals surface area contributed by atoms with Crippen molar-refractivity contribution in [1.82, 2.24) is 14.5 Å². The second kappa shape index (κ2) is 8.08. The summed E-state index contributed by atoms with van der Waals surface area (Å²) in [4.78, 5) is 23.8. The first-order valence-electron chi connectivity index (χ1n) is 8.09. The molecule has 0 spiro atoms. The van der Waals surface area contributed by atoms with Gasteiger partial charge in [0.1, 0.15) is 0 Å². The Morgan fingerprint density at radius 2 is 1.83 bits per heavy atom. The maximum atomic E-state index is 12.1. The van der Waals surface area contributed by atoms with Gasteiger partial charge < -0.3 is 15.0 Å². The highest BCUT2D eigenvalue weighted by Gasteiger charge is 2.14. The van der Waals surface area contributed by atoms with E-state index in [2.05, 4.69) is 5.32 Å². The van der Waals surface area contributed by atoms with E-state index >= 15 is 0 Å². The first kappa shape index (κ1) is 18.2. The van der Waals surface area contributed by atoms with Gasteiger partial charge in [-0.05, 0) is 24.8 Å². The van der Waals surface area contributed by atoms with Crippen LogP contribution in [0.5, 0.6) is 0 Å². The minimum absolute atomic E-state index is 0.155. The topological polar surface area (TPSA) is 76.3 Å². The van der Waals surface area contributed by atoms with Gasteiger partial charge in [0, 0.05) is 38.9 Å². The number of benzene rings is 1. The molecule has 2 N–H and O–H groups in total. The number of hydrogen-bond acceptors (Lipinski definition) is 4. The van der Waals surface area contributed by atoms with Crippen LogP contribution in [0.2, 0.25) is 0 Å². The highest BCUT2D eigenvalue weighted by molar-refractivity contribution is 5.20. The number of nitrogens with one attached hydrogen (secondary N) is 1. The van der Waals surface area contributed by atoms with Crippen molar-refractivity contribution < 1.29 is 5.11 Å². The number of aromatic nitrogens is 2. The molecular formula is C18H25N3O3. The highest BCUT2D eigenvalue weighted by atomic mass is 16.3. The van der Waals surface area contributed by atoms with Gasteiger partial charge in [-0.2, -0.15) is 0 Å². The van der Waals surface area contributed by atoms with Gasteiger partial charge in [-0.3, -0.25) is 9.36 Å². The molecule has 0 aliphatic rings. The molecule has 130 valence electrons. The second-order valence-electron chi connectivity index (χ2n) is 6.24. The summed E-state index contributed by atoms with van der Waals surface area (Å²) in [6, 6.07) is 10.0. The van der Waals surface area contributed by atoms with E-state index in [0.29, 0.717) is 25.1 Å². The Morgan fingerprint density at radius 3 is 2.46 bits per heavy atom. The van der Waals surface area contributed by atoms with Crippen LogP contribution in [0, 0.1) is 0 Å². The van der Waals surface area contributed by atoms with Crippen molar-refractivity contribution in [2.24, 2.45) is 14.1 Å². The zero-order valence-corrected chi connectivity index (χ0v) is 14.4. The summed E-state index contributed by atoms with van der Waals surface area (Å²) in [6.45, 7) is 2.80. The molecule has 1 heterocycles. The maximum Gasteiger partial charge on any atom is 0.330 e. The van der Waals surface area contributed by atoms with Crippen LogP contribution in [0.4, 0.5) is 0 Å². The number of rotatable bonds is 7. The molecule has 1 aromatic carbocycles. The Hall–Kier alpha value is -2.18. The molecule has 2 unspecified atom stereocenters. The molecule has 2 rings (SSSR count). The van der Waals surface area contributed by atoms with E-state index in [1.807, 2.05) is 30.3 Å². The van der Waals surface area contributed by atoms with Crippen LogP contribution in [-0.4, -0.2) is 26.9 Å². The summed E-state index contributed by atoms with van der Waals surface area (Å²) in [5.74, 6) is 0.155. The molecule has 0 amide bonds. The van der Waals surface area contributed by atoms with Gasteiger partial charge in [0.2, 0.25) is 0 Å². The van der Waals surface area contributed by atoms with E-state index in [1.165, 1.54) is 11.6 Å². The summed E-state index contributed by atoms with van der Waals surface area (Å²) >= 11 is 0. The van der Waals surface area contributed by atoms with Gasteiger partial charge in [0.05, 0.1) is 6.10 Å². The lowest BCUT2D eigenvalue weighted by atomic mass is 9.93. The van der Waals surface area contributed by atoms with E-state index in [9.17, 15) is 14.7 Å². The van der Waals surface area contributed by atoms with Gasteiger partial charge in [-0.25, -0.2) is 4.79 Å². The summed E-state index contributed by atoms with van der Waals surface area (Å²) in [5.41, 5.74) is 1.08. The van der Waals surface area contributed by atoms with Crippen LogP contribution in [-0.2, 0) is 20.6 Å². The highest BCUT2D eigenvalue weighted by Crippen LogP contribution is 2.20. The van der Waals surface area contributed by atoms with Crippen molar-refractivity contribution in [3.05, 3.63) is 68.5 Å². The first-order valence-corrected chi connectivity index (χ1v) is 8.09. The van der Waals surface area contributed by atoms with Crippen molar-refractivity contribution in [3.63, 3.8) is 0 Å². The smallest absolute Gasteiger partial charge is 0.330 e. The van der Waals surface area contributed by atoms with Crippen molar-refractivity contribution in [3.8, 4) is 0 Å². The largest absolute Gasteiger partial charge is 0.393 e. The molecule has 2 aromatic rings. The molecule has 0 aliphatic heterocycles. The quantitative estimate of drug-likeness (QED) is 0.784. The van der Waals surface area contributed by atoms with Crippen LogP contribution in [0.15, 0.2) is 46.1 Å². The maximum absolute atomic E-state index is 12.1. The van der Waals surface area contributed by atoms with Crippen LogP contribution in [0.1, 0.15) is 30.4 Å². The average molecular weight is 331 g/mol. The van der Waals surface area contributed by atoms with Crippen LogP contribution in [0.3, 0.4) is 0 Å². The van der Waals surface area contributed by atoms with E-state index in [0.717, 1.165) is 10.1 Å². The minimum Gasteiger partial charge on any atom is -0.393 e. The molecule has 1 aromatic heterocycles. The second-order valence-corrected chi connectivity index (χ2v) is 6.24. The molecular weight excluding hydrogens is 306 g/mol. The average Bonchev–Trinajstić information content (AvgIpc) is 2.57. The molecule has 6 nitrogen and oxygen atoms in total. The fourth-order valence-corrected chi connectivity index (χ4v) is 2.86. The summed E-state index contributed by atoms with van der Waals surface area (Å²) in [6.07, 6.45) is 1.81. The third-order valence-corrected chi connectivity index (χ3v) is 4.12. The molecule has 0 saturated carbocycles. The molecule has 0 saturated heterocycles. The van der Waals surface area contributed by atoms with Crippen LogP contribution in [0.25, 0.3) is 0 Å². The fraction of sp³-hybridized carbons (Fsp3) is 0.444. The molecule has 2 atom stereocenters. The van der Waals surface area contributed by atoms with Crippen LogP contribution >= 0.6 is 0 Å². The Kier molecular flexibility index (Phi) is 6.11. The van der Waals surface area contributed by atoms with E-state index in [4.69, 9.17) is 0 Å². The summed E-state index contributed by atoms with van der Waals surface area (Å²) in [5, 5.41) is 13.0. The van der Waals surface area contributed by atoms with Gasteiger partial charge in [0.25, 0.3) is 5.56 Å². The van der Waals surface area contributed by atoms with E-state index in [1.54, 1.807) is 20.2 Å². The van der Waals surface area contributed by atoms with Crippen molar-refractivity contribution in [1.29, 1.82) is 0 Å². The van der Waals surface area contributed by atoms with Gasteiger partial charge in [0.15, 0.2) is 0 Å². The molecule has 0 radical (unpaired) electrons. The molecule has 0 bridgehead atoms. The predicted molar refractivity (Wildman–Crippen MR) is 94.1 cm³/mol. The lowest BCUT2D eigenvalue weighted by Gasteiger charge is -2.20. The molecule has 0 aliphatic carbocycles. The summed E-state index contributed by atoms with van der Waals surface area (Å²) < 4.78 is 2.52. The Bertz CT molecular complexity index is 778. The SMILES string of the molecule is CC(O)CC(CNCc1cn(C)c(=O)n(C)c1=O)c1ccccc1. The van der Waals surface area contributed by atoms with Crippen molar-refractivity contribution in [2.75, 3.05) is 6.54 Å². The third kappa shape index (κ3) is 4.43. The van der Waals surface area contributed by atoms with Crippen LogP contribution < -0.4 is 16.6 Å². The number of aliphatic hydroxyl groups excluding tert-OH is 1. The molecule has 6 heteroatoms. The lowest BCUT2D eigenvalue weighted by Crippen LogP contribution is -2.39. The third-order valence-electron chi connectivity index (χ3n) is 4.12. The van der Waals surface area contributed by atoms with E-state index in [-0.39, 0.29) is 17.2 Å². The fourth-order valence-electron chi connectivity index (χ4n) is 2.86. The number of hydrogen-bond donors (Lipinski definition) is 2. The monoisotopic (exact) mass is 331 g/mol. The summed E-state index contributed by atoms with van der Waals surface area (Å²) in [7, 11) is 3.11. The molecule has 0 fully saturated rings. The normalized spacial score (nSPS) is 13.7. The number of aryl methyl sites for hydroxylation is 1. The zero-order chi connectivity index (χ0) is 17.7. The van der Waals surface area contributed by atoms with E-state index < -0.39 is 6.10 Å². The molecule has 24 heavy (non-hydrogen) atoms. The zero-order valence-electron chi connectivity index (χ0n) is 14.4. The standard InChI is InChI=1S/C18H25N3O3/c1-13(22)9-15(14-7-5-4-6-8-14)10-19-11-16-12-20(2)18(24)21(3)17(16)23/h4-8,12-13,15,19,22H,9-11H2,1-3H3. The van der Waals surface area contributed by atoms with Gasteiger partial charge in [-0.1, -0.05) is 30.3 Å². The lowest BCUT2D eigenvalue weighted by molar-refractivity contribution is 0.173. The Morgan fingerprint density at radius 1 is 1.17 bits per heavy atom. The Labute approximate surface area is 141 Å².